The second-order valence-corrected chi connectivity index (χ2v) is 8.42. The van der Waals surface area contributed by atoms with E-state index in [4.69, 9.17) is 28.9 Å². The van der Waals surface area contributed by atoms with Crippen LogP contribution in [0.25, 0.3) is 0 Å². The molecule has 22 heavy (non-hydrogen) atoms. The zero-order chi connectivity index (χ0) is 15.9. The fraction of sp³-hybridized carbons (Fsp3) is 0.250. The summed E-state index contributed by atoms with van der Waals surface area (Å²) in [6, 6.07) is 13.5. The van der Waals surface area contributed by atoms with Crippen molar-refractivity contribution in [2.45, 2.75) is 16.1 Å². The van der Waals surface area contributed by atoms with Gasteiger partial charge in [0.2, 0.25) is 0 Å². The fourth-order valence-electron chi connectivity index (χ4n) is 2.95. The summed E-state index contributed by atoms with van der Waals surface area (Å²) in [6.07, 6.45) is 0. The van der Waals surface area contributed by atoms with E-state index < -0.39 is 15.1 Å². The first-order chi connectivity index (χ1) is 10.4. The zero-order valence-corrected chi connectivity index (χ0v) is 13.9. The SMILES string of the molecule is NCC1C(c2ccc(Cl)cc2)C1S(=O)(=O)c1ccc(Cl)cc1. The van der Waals surface area contributed by atoms with Crippen LogP contribution in [0.15, 0.2) is 53.4 Å². The molecule has 0 aromatic heterocycles. The van der Waals surface area contributed by atoms with Gasteiger partial charge in [-0.3, -0.25) is 0 Å². The van der Waals surface area contributed by atoms with Gasteiger partial charge in [0.05, 0.1) is 10.1 Å². The third-order valence-electron chi connectivity index (χ3n) is 4.12. The van der Waals surface area contributed by atoms with Crippen LogP contribution < -0.4 is 5.73 Å². The number of halogens is 2. The van der Waals surface area contributed by atoms with Crippen LogP contribution in [0.2, 0.25) is 10.0 Å². The topological polar surface area (TPSA) is 60.2 Å². The summed E-state index contributed by atoms with van der Waals surface area (Å²) in [4.78, 5) is 0.289. The molecule has 1 saturated carbocycles. The second-order valence-electron chi connectivity index (χ2n) is 5.44. The minimum absolute atomic E-state index is 0.0677. The molecule has 6 heteroatoms. The van der Waals surface area contributed by atoms with Gasteiger partial charge in [-0.2, -0.15) is 0 Å². The minimum Gasteiger partial charge on any atom is -0.330 e. The van der Waals surface area contributed by atoms with Crippen LogP contribution in [-0.2, 0) is 9.84 Å². The molecular weight excluding hydrogens is 341 g/mol. The van der Waals surface area contributed by atoms with E-state index >= 15 is 0 Å². The van der Waals surface area contributed by atoms with Crippen molar-refractivity contribution in [3.05, 3.63) is 64.1 Å². The Balaban J connectivity index is 1.93. The molecule has 3 nitrogen and oxygen atoms in total. The maximum Gasteiger partial charge on any atom is 0.182 e. The Kier molecular flexibility index (Phi) is 4.21. The third-order valence-corrected chi connectivity index (χ3v) is 6.92. The molecule has 0 saturated heterocycles. The molecule has 116 valence electrons. The number of rotatable bonds is 4. The van der Waals surface area contributed by atoms with Crippen LogP contribution in [-0.4, -0.2) is 20.2 Å². The van der Waals surface area contributed by atoms with Gasteiger partial charge in [0.25, 0.3) is 0 Å². The number of sulfone groups is 1. The Morgan fingerprint density at radius 2 is 1.41 bits per heavy atom. The van der Waals surface area contributed by atoms with E-state index in [9.17, 15) is 8.42 Å². The summed E-state index contributed by atoms with van der Waals surface area (Å²) < 4.78 is 25.6. The molecule has 1 aliphatic rings. The fourth-order valence-corrected chi connectivity index (χ4v) is 5.43. The molecule has 0 spiro atoms. The Bertz CT molecular complexity index is 773. The van der Waals surface area contributed by atoms with E-state index in [-0.39, 0.29) is 16.7 Å². The highest BCUT2D eigenvalue weighted by Gasteiger charge is 2.57. The Labute approximate surface area is 140 Å². The van der Waals surface area contributed by atoms with Crippen LogP contribution >= 0.6 is 23.2 Å². The van der Waals surface area contributed by atoms with E-state index in [1.807, 2.05) is 12.1 Å². The maximum absolute atomic E-state index is 12.8. The zero-order valence-electron chi connectivity index (χ0n) is 11.6. The van der Waals surface area contributed by atoms with Crippen molar-refractivity contribution in [1.82, 2.24) is 0 Å². The molecule has 1 fully saturated rings. The minimum atomic E-state index is -3.42. The van der Waals surface area contributed by atoms with Gasteiger partial charge in [-0.1, -0.05) is 35.3 Å². The molecule has 0 heterocycles. The third kappa shape index (κ3) is 2.76. The predicted molar refractivity (Wildman–Crippen MR) is 89.2 cm³/mol. The first-order valence-corrected chi connectivity index (χ1v) is 9.20. The average molecular weight is 356 g/mol. The summed E-state index contributed by atoms with van der Waals surface area (Å²) >= 11 is 11.7. The summed E-state index contributed by atoms with van der Waals surface area (Å²) in [5.74, 6) is -0.148. The van der Waals surface area contributed by atoms with Gasteiger partial charge >= 0.3 is 0 Å². The largest absolute Gasteiger partial charge is 0.330 e. The highest BCUT2D eigenvalue weighted by atomic mass is 35.5. The molecule has 3 unspecified atom stereocenters. The van der Waals surface area contributed by atoms with E-state index in [0.717, 1.165) is 5.56 Å². The van der Waals surface area contributed by atoms with Crippen LogP contribution in [0.1, 0.15) is 11.5 Å². The second kappa shape index (κ2) is 5.85. The molecule has 3 atom stereocenters. The van der Waals surface area contributed by atoms with E-state index in [2.05, 4.69) is 0 Å². The molecule has 0 bridgehead atoms. The molecule has 3 rings (SSSR count). The molecule has 2 aromatic rings. The molecule has 0 amide bonds. The van der Waals surface area contributed by atoms with Crippen molar-refractivity contribution in [3.63, 3.8) is 0 Å². The lowest BCUT2D eigenvalue weighted by Crippen LogP contribution is -2.13. The van der Waals surface area contributed by atoms with Crippen molar-refractivity contribution >= 4 is 33.0 Å². The van der Waals surface area contributed by atoms with Crippen molar-refractivity contribution < 1.29 is 8.42 Å². The van der Waals surface area contributed by atoms with E-state index in [1.54, 1.807) is 36.4 Å². The van der Waals surface area contributed by atoms with Gasteiger partial charge in [0.15, 0.2) is 9.84 Å². The average Bonchev–Trinajstić information content (AvgIpc) is 3.24. The van der Waals surface area contributed by atoms with Crippen molar-refractivity contribution in [2.24, 2.45) is 11.7 Å². The smallest absolute Gasteiger partial charge is 0.182 e. The lowest BCUT2D eigenvalue weighted by atomic mass is 10.1. The maximum atomic E-state index is 12.8. The van der Waals surface area contributed by atoms with Gasteiger partial charge in [0, 0.05) is 16.0 Å². The van der Waals surface area contributed by atoms with Crippen molar-refractivity contribution in [2.75, 3.05) is 6.54 Å². The molecular formula is C16H15Cl2NO2S. The predicted octanol–water partition coefficient (Wildman–Crippen LogP) is 3.51. The van der Waals surface area contributed by atoms with Crippen LogP contribution in [0.5, 0.6) is 0 Å². The van der Waals surface area contributed by atoms with Gasteiger partial charge in [-0.25, -0.2) is 8.42 Å². The van der Waals surface area contributed by atoms with Crippen molar-refractivity contribution in [1.29, 1.82) is 0 Å². The van der Waals surface area contributed by atoms with Crippen LogP contribution in [0.4, 0.5) is 0 Å². The number of benzene rings is 2. The highest BCUT2D eigenvalue weighted by molar-refractivity contribution is 7.92. The number of nitrogens with two attached hydrogens (primary N) is 1. The van der Waals surface area contributed by atoms with Gasteiger partial charge in [-0.15, -0.1) is 0 Å². The van der Waals surface area contributed by atoms with E-state index in [0.29, 0.717) is 16.6 Å². The highest BCUT2D eigenvalue weighted by Crippen LogP contribution is 2.53. The summed E-state index contributed by atoms with van der Waals surface area (Å²) in [5, 5.41) is 0.657. The number of hydrogen-bond acceptors (Lipinski definition) is 3. The molecule has 2 aromatic carbocycles. The Hall–Kier alpha value is -1.07. The van der Waals surface area contributed by atoms with Gasteiger partial charge in [0.1, 0.15) is 0 Å². The Morgan fingerprint density at radius 1 is 0.909 bits per heavy atom. The standard InChI is InChI=1S/C16H15Cl2NO2S/c17-11-3-1-10(2-4-11)15-14(9-19)16(15)22(20,21)13-7-5-12(18)6-8-13/h1-8,14-16H,9,19H2. The Morgan fingerprint density at radius 3 is 1.91 bits per heavy atom. The van der Waals surface area contributed by atoms with Gasteiger partial charge < -0.3 is 5.73 Å². The van der Waals surface area contributed by atoms with Crippen LogP contribution in [0.3, 0.4) is 0 Å². The van der Waals surface area contributed by atoms with Gasteiger partial charge in [-0.05, 0) is 54.4 Å². The normalized spacial score (nSPS) is 24.2. The summed E-state index contributed by atoms with van der Waals surface area (Å²) in [7, 11) is -3.42. The summed E-state index contributed by atoms with van der Waals surface area (Å²) in [5.41, 5.74) is 6.73. The molecule has 1 aliphatic carbocycles. The monoisotopic (exact) mass is 355 g/mol. The van der Waals surface area contributed by atoms with Crippen molar-refractivity contribution in [3.8, 4) is 0 Å². The van der Waals surface area contributed by atoms with E-state index in [1.165, 1.54) is 0 Å². The van der Waals surface area contributed by atoms with Crippen LogP contribution in [0, 0.1) is 5.92 Å². The first-order valence-electron chi connectivity index (χ1n) is 6.90. The molecule has 2 N–H and O–H groups in total. The lowest BCUT2D eigenvalue weighted by molar-refractivity contribution is 0.591. The molecule has 0 aliphatic heterocycles. The summed E-state index contributed by atoms with van der Waals surface area (Å²) in [6.45, 7) is 0.338. The number of hydrogen-bond donors (Lipinski definition) is 1. The lowest BCUT2D eigenvalue weighted by Gasteiger charge is -2.04. The molecule has 0 radical (unpaired) electrons. The first kappa shape index (κ1) is 15.8. The quantitative estimate of drug-likeness (QED) is 0.912.